The zero-order valence-corrected chi connectivity index (χ0v) is 12.3. The van der Waals surface area contributed by atoms with E-state index in [0.717, 1.165) is 12.5 Å². The van der Waals surface area contributed by atoms with E-state index < -0.39 is 0 Å². The molecular weight excluding hydrogens is 222 g/mol. The molecule has 0 amide bonds. The maximum Gasteiger partial charge on any atom is 0.0191 e. The molecule has 0 spiro atoms. The van der Waals surface area contributed by atoms with Gasteiger partial charge >= 0.3 is 0 Å². The van der Waals surface area contributed by atoms with E-state index in [2.05, 4.69) is 23.6 Å². The van der Waals surface area contributed by atoms with E-state index in [1.165, 1.54) is 58.4 Å². The first-order valence-electron chi connectivity index (χ1n) is 7.85. The molecule has 3 nitrogen and oxygen atoms in total. The predicted octanol–water partition coefficient (Wildman–Crippen LogP) is 1.78. The van der Waals surface area contributed by atoms with Crippen LogP contribution in [0, 0.1) is 11.8 Å². The topological polar surface area (TPSA) is 32.5 Å². The van der Waals surface area contributed by atoms with Gasteiger partial charge in [0.1, 0.15) is 0 Å². The van der Waals surface area contributed by atoms with E-state index in [0.29, 0.717) is 12.0 Å². The Morgan fingerprint density at radius 2 is 1.61 bits per heavy atom. The Kier molecular flexibility index (Phi) is 5.46. The summed E-state index contributed by atoms with van der Waals surface area (Å²) in [4.78, 5) is 5.24. The Balaban J connectivity index is 1.64. The van der Waals surface area contributed by atoms with Crippen LogP contribution in [0.5, 0.6) is 0 Å². The first-order valence-corrected chi connectivity index (χ1v) is 7.85. The number of likely N-dealkylation sites (tertiary alicyclic amines) is 2. The van der Waals surface area contributed by atoms with Crippen LogP contribution in [0.15, 0.2) is 0 Å². The van der Waals surface area contributed by atoms with Crippen LogP contribution in [-0.4, -0.2) is 55.1 Å². The first-order chi connectivity index (χ1) is 8.65. The summed E-state index contributed by atoms with van der Waals surface area (Å²) in [6.45, 7) is 12.1. The summed E-state index contributed by atoms with van der Waals surface area (Å²) in [6.07, 6.45) is 5.59. The number of hydrogen-bond donors (Lipinski definition) is 1. The van der Waals surface area contributed by atoms with Crippen molar-refractivity contribution in [2.24, 2.45) is 17.6 Å². The van der Waals surface area contributed by atoms with Crippen molar-refractivity contribution in [3.05, 3.63) is 0 Å². The number of piperidine rings is 1. The summed E-state index contributed by atoms with van der Waals surface area (Å²) in [7, 11) is 0. The summed E-state index contributed by atoms with van der Waals surface area (Å²) in [6, 6.07) is 0.347. The SMILES string of the molecule is CC(C)[C@@H](N)CN1CCC(CN2CCCC2)CC1. The quantitative estimate of drug-likeness (QED) is 0.810. The van der Waals surface area contributed by atoms with Gasteiger partial charge in [0.05, 0.1) is 0 Å². The molecule has 0 radical (unpaired) electrons. The van der Waals surface area contributed by atoms with Crippen LogP contribution in [0.2, 0.25) is 0 Å². The molecule has 0 unspecified atom stereocenters. The molecule has 2 saturated heterocycles. The molecule has 0 aromatic carbocycles. The second-order valence-corrected chi connectivity index (χ2v) is 6.66. The average Bonchev–Trinajstić information content (AvgIpc) is 2.84. The molecule has 0 bridgehead atoms. The lowest BCUT2D eigenvalue weighted by molar-refractivity contribution is 0.142. The second kappa shape index (κ2) is 6.88. The standard InChI is InChI=1S/C15H31N3/c1-13(2)15(16)12-18-9-5-14(6-10-18)11-17-7-3-4-8-17/h13-15H,3-12,16H2,1-2H3/t15-/m0/s1. The minimum atomic E-state index is 0.347. The number of nitrogens with zero attached hydrogens (tertiary/aromatic N) is 2. The normalized spacial score (nSPS) is 26.0. The lowest BCUT2D eigenvalue weighted by atomic mass is 9.95. The molecule has 0 aromatic heterocycles. The van der Waals surface area contributed by atoms with Gasteiger partial charge in [0, 0.05) is 19.1 Å². The van der Waals surface area contributed by atoms with Gasteiger partial charge in [-0.1, -0.05) is 13.8 Å². The van der Waals surface area contributed by atoms with Crippen LogP contribution in [0.4, 0.5) is 0 Å². The van der Waals surface area contributed by atoms with E-state index in [4.69, 9.17) is 5.73 Å². The van der Waals surface area contributed by atoms with Gasteiger partial charge in [-0.05, 0) is 63.7 Å². The average molecular weight is 253 g/mol. The summed E-state index contributed by atoms with van der Waals surface area (Å²) in [5, 5.41) is 0. The van der Waals surface area contributed by atoms with Crippen molar-refractivity contribution in [2.45, 2.75) is 45.6 Å². The predicted molar refractivity (Wildman–Crippen MR) is 77.7 cm³/mol. The van der Waals surface area contributed by atoms with Crippen LogP contribution < -0.4 is 5.73 Å². The van der Waals surface area contributed by atoms with Crippen LogP contribution in [0.25, 0.3) is 0 Å². The number of hydrogen-bond acceptors (Lipinski definition) is 3. The van der Waals surface area contributed by atoms with Crippen molar-refractivity contribution < 1.29 is 0 Å². The zero-order valence-electron chi connectivity index (χ0n) is 12.3. The zero-order chi connectivity index (χ0) is 13.0. The fourth-order valence-corrected chi connectivity index (χ4v) is 3.19. The molecule has 0 aromatic rings. The van der Waals surface area contributed by atoms with Crippen LogP contribution in [0.1, 0.15) is 39.5 Å². The minimum absolute atomic E-state index is 0.347. The molecule has 2 rings (SSSR count). The van der Waals surface area contributed by atoms with Crippen molar-refractivity contribution in [2.75, 3.05) is 39.3 Å². The van der Waals surface area contributed by atoms with Gasteiger partial charge in [-0.25, -0.2) is 0 Å². The third-order valence-electron chi connectivity index (χ3n) is 4.75. The highest BCUT2D eigenvalue weighted by Gasteiger charge is 2.23. The third-order valence-corrected chi connectivity index (χ3v) is 4.75. The molecule has 2 aliphatic heterocycles. The highest BCUT2D eigenvalue weighted by molar-refractivity contribution is 4.79. The Morgan fingerprint density at radius 1 is 1.00 bits per heavy atom. The summed E-state index contributed by atoms with van der Waals surface area (Å²) in [5.41, 5.74) is 6.16. The van der Waals surface area contributed by atoms with Crippen LogP contribution in [0.3, 0.4) is 0 Å². The Labute approximate surface area is 113 Å². The third kappa shape index (κ3) is 4.22. The molecule has 0 saturated carbocycles. The number of nitrogens with two attached hydrogens (primary N) is 1. The number of rotatable bonds is 5. The van der Waals surface area contributed by atoms with Crippen molar-refractivity contribution in [3.8, 4) is 0 Å². The smallest absolute Gasteiger partial charge is 0.0191 e. The molecular formula is C15H31N3. The van der Waals surface area contributed by atoms with Gasteiger partial charge in [-0.2, -0.15) is 0 Å². The maximum atomic E-state index is 6.16. The van der Waals surface area contributed by atoms with Crippen molar-refractivity contribution in [1.82, 2.24) is 9.80 Å². The largest absolute Gasteiger partial charge is 0.326 e. The van der Waals surface area contributed by atoms with Gasteiger partial charge in [-0.15, -0.1) is 0 Å². The lowest BCUT2D eigenvalue weighted by Gasteiger charge is -2.35. The monoisotopic (exact) mass is 253 g/mol. The fraction of sp³-hybridized carbons (Fsp3) is 1.00. The minimum Gasteiger partial charge on any atom is -0.326 e. The highest BCUT2D eigenvalue weighted by atomic mass is 15.2. The Hall–Kier alpha value is -0.120. The summed E-state index contributed by atoms with van der Waals surface area (Å²) < 4.78 is 0. The van der Waals surface area contributed by atoms with E-state index in [-0.39, 0.29) is 0 Å². The molecule has 3 heteroatoms. The van der Waals surface area contributed by atoms with Crippen LogP contribution in [-0.2, 0) is 0 Å². The molecule has 0 aliphatic carbocycles. The molecule has 106 valence electrons. The van der Waals surface area contributed by atoms with Crippen molar-refractivity contribution in [1.29, 1.82) is 0 Å². The molecule has 2 fully saturated rings. The lowest BCUT2D eigenvalue weighted by Crippen LogP contribution is -2.45. The summed E-state index contributed by atoms with van der Waals surface area (Å²) >= 11 is 0. The van der Waals surface area contributed by atoms with E-state index >= 15 is 0 Å². The molecule has 2 heterocycles. The summed E-state index contributed by atoms with van der Waals surface area (Å²) in [5.74, 6) is 1.54. The molecule has 2 aliphatic rings. The molecule has 2 N–H and O–H groups in total. The Bertz CT molecular complexity index is 216. The van der Waals surface area contributed by atoms with Gasteiger partial charge in [0.25, 0.3) is 0 Å². The maximum absolute atomic E-state index is 6.16. The van der Waals surface area contributed by atoms with Crippen LogP contribution >= 0.6 is 0 Å². The Morgan fingerprint density at radius 3 is 2.17 bits per heavy atom. The van der Waals surface area contributed by atoms with Gasteiger partial charge in [0.2, 0.25) is 0 Å². The first kappa shape index (κ1) is 14.3. The van der Waals surface area contributed by atoms with Gasteiger partial charge < -0.3 is 15.5 Å². The van der Waals surface area contributed by atoms with Gasteiger partial charge in [-0.3, -0.25) is 0 Å². The fourth-order valence-electron chi connectivity index (χ4n) is 3.19. The second-order valence-electron chi connectivity index (χ2n) is 6.66. The molecule has 1 atom stereocenters. The van der Waals surface area contributed by atoms with E-state index in [1.807, 2.05) is 0 Å². The molecule has 18 heavy (non-hydrogen) atoms. The highest BCUT2D eigenvalue weighted by Crippen LogP contribution is 2.21. The van der Waals surface area contributed by atoms with Crippen molar-refractivity contribution >= 4 is 0 Å². The van der Waals surface area contributed by atoms with Gasteiger partial charge in [0.15, 0.2) is 0 Å². The van der Waals surface area contributed by atoms with Crippen molar-refractivity contribution in [3.63, 3.8) is 0 Å². The van der Waals surface area contributed by atoms with E-state index in [9.17, 15) is 0 Å². The van der Waals surface area contributed by atoms with E-state index in [1.54, 1.807) is 0 Å².